The SMILES string of the molecule is Cc1cccc2c(N3CCCC(OCCO)C3)ccnc12. The van der Waals surface area contributed by atoms with Gasteiger partial charge in [-0.05, 0) is 31.4 Å². The maximum Gasteiger partial charge on any atom is 0.0751 e. The molecule has 0 aliphatic carbocycles. The second kappa shape index (κ2) is 6.41. The standard InChI is InChI=1S/C17H22N2O2/c1-13-4-2-6-15-16(7-8-18-17(13)15)19-9-3-5-14(12-19)21-11-10-20/h2,4,6-8,14,20H,3,5,9-12H2,1H3. The highest BCUT2D eigenvalue weighted by molar-refractivity contribution is 5.93. The molecule has 1 aliphatic heterocycles. The summed E-state index contributed by atoms with van der Waals surface area (Å²) >= 11 is 0. The van der Waals surface area contributed by atoms with Crippen LogP contribution in [0, 0.1) is 6.92 Å². The van der Waals surface area contributed by atoms with Crippen LogP contribution in [-0.2, 0) is 4.74 Å². The van der Waals surface area contributed by atoms with Gasteiger partial charge in [0.05, 0.1) is 24.8 Å². The lowest BCUT2D eigenvalue weighted by atomic mass is 10.0. The maximum atomic E-state index is 8.90. The van der Waals surface area contributed by atoms with Gasteiger partial charge in [-0.1, -0.05) is 18.2 Å². The predicted molar refractivity (Wildman–Crippen MR) is 84.8 cm³/mol. The molecule has 1 unspecified atom stereocenters. The summed E-state index contributed by atoms with van der Waals surface area (Å²) in [6.07, 6.45) is 4.28. The van der Waals surface area contributed by atoms with E-state index in [0.29, 0.717) is 6.61 Å². The summed E-state index contributed by atoms with van der Waals surface area (Å²) in [4.78, 5) is 6.90. The van der Waals surface area contributed by atoms with E-state index >= 15 is 0 Å². The Morgan fingerprint density at radius 1 is 1.38 bits per heavy atom. The van der Waals surface area contributed by atoms with Gasteiger partial charge in [-0.15, -0.1) is 0 Å². The number of benzene rings is 1. The normalized spacial score (nSPS) is 19.1. The fraction of sp³-hybridized carbons (Fsp3) is 0.471. The lowest BCUT2D eigenvalue weighted by Crippen LogP contribution is -2.40. The Kier molecular flexibility index (Phi) is 4.36. The molecule has 0 saturated carbocycles. The van der Waals surface area contributed by atoms with E-state index in [1.807, 2.05) is 6.20 Å². The van der Waals surface area contributed by atoms with Gasteiger partial charge in [0.1, 0.15) is 0 Å². The van der Waals surface area contributed by atoms with E-state index in [-0.39, 0.29) is 12.7 Å². The number of aryl methyl sites for hydroxylation is 1. The van der Waals surface area contributed by atoms with E-state index in [2.05, 4.69) is 41.1 Å². The fourth-order valence-electron chi connectivity index (χ4n) is 3.10. The molecule has 0 spiro atoms. The van der Waals surface area contributed by atoms with Crippen molar-refractivity contribution in [3.05, 3.63) is 36.0 Å². The minimum atomic E-state index is 0.0912. The number of anilines is 1. The zero-order valence-corrected chi connectivity index (χ0v) is 12.5. The van der Waals surface area contributed by atoms with Crippen LogP contribution in [0.2, 0.25) is 0 Å². The number of rotatable bonds is 4. The molecule has 0 bridgehead atoms. The molecule has 1 saturated heterocycles. The molecule has 0 radical (unpaired) electrons. The zero-order chi connectivity index (χ0) is 14.7. The van der Waals surface area contributed by atoms with Crippen molar-refractivity contribution in [3.8, 4) is 0 Å². The van der Waals surface area contributed by atoms with E-state index in [1.165, 1.54) is 16.6 Å². The number of hydrogen-bond donors (Lipinski definition) is 1. The van der Waals surface area contributed by atoms with Crippen molar-refractivity contribution in [1.29, 1.82) is 0 Å². The highest BCUT2D eigenvalue weighted by Gasteiger charge is 2.22. The molecule has 112 valence electrons. The van der Waals surface area contributed by atoms with Gasteiger partial charge in [0, 0.05) is 30.4 Å². The van der Waals surface area contributed by atoms with Crippen LogP contribution in [0.1, 0.15) is 18.4 Å². The molecule has 1 aromatic heterocycles. The van der Waals surface area contributed by atoms with Crippen LogP contribution in [0.15, 0.2) is 30.5 Å². The predicted octanol–water partition coefficient (Wildman–Crippen LogP) is 2.52. The zero-order valence-electron chi connectivity index (χ0n) is 12.5. The van der Waals surface area contributed by atoms with E-state index in [1.54, 1.807) is 0 Å². The van der Waals surface area contributed by atoms with Crippen LogP contribution in [0.5, 0.6) is 0 Å². The topological polar surface area (TPSA) is 45.6 Å². The molecule has 1 fully saturated rings. The number of para-hydroxylation sites is 1. The van der Waals surface area contributed by atoms with Gasteiger partial charge < -0.3 is 14.7 Å². The summed E-state index contributed by atoms with van der Waals surface area (Å²) in [6.45, 7) is 4.55. The molecular formula is C17H22N2O2. The Hall–Kier alpha value is -1.65. The number of piperidine rings is 1. The molecule has 3 rings (SSSR count). The van der Waals surface area contributed by atoms with Gasteiger partial charge in [-0.2, -0.15) is 0 Å². The van der Waals surface area contributed by atoms with E-state index in [0.717, 1.165) is 31.4 Å². The first-order chi connectivity index (χ1) is 10.3. The lowest BCUT2D eigenvalue weighted by molar-refractivity contribution is 0.0215. The van der Waals surface area contributed by atoms with Gasteiger partial charge >= 0.3 is 0 Å². The van der Waals surface area contributed by atoms with Crippen molar-refractivity contribution < 1.29 is 9.84 Å². The first kappa shape index (κ1) is 14.3. The Labute approximate surface area is 125 Å². The van der Waals surface area contributed by atoms with Crippen molar-refractivity contribution in [2.75, 3.05) is 31.2 Å². The minimum absolute atomic E-state index is 0.0912. The largest absolute Gasteiger partial charge is 0.394 e. The number of nitrogens with zero attached hydrogens (tertiary/aromatic N) is 2. The lowest BCUT2D eigenvalue weighted by Gasteiger charge is -2.34. The molecule has 1 aromatic carbocycles. The highest BCUT2D eigenvalue weighted by Crippen LogP contribution is 2.29. The van der Waals surface area contributed by atoms with Crippen LogP contribution < -0.4 is 4.90 Å². The van der Waals surface area contributed by atoms with E-state index in [9.17, 15) is 0 Å². The summed E-state index contributed by atoms with van der Waals surface area (Å²) in [6, 6.07) is 8.42. The summed E-state index contributed by atoms with van der Waals surface area (Å²) in [5.41, 5.74) is 3.52. The van der Waals surface area contributed by atoms with E-state index in [4.69, 9.17) is 9.84 Å². The summed E-state index contributed by atoms with van der Waals surface area (Å²) in [5.74, 6) is 0. The number of pyridine rings is 1. The summed E-state index contributed by atoms with van der Waals surface area (Å²) in [5, 5.41) is 10.1. The second-order valence-electron chi connectivity index (χ2n) is 5.61. The van der Waals surface area contributed by atoms with Gasteiger partial charge in [0.15, 0.2) is 0 Å². The number of aliphatic hydroxyl groups is 1. The minimum Gasteiger partial charge on any atom is -0.394 e. The van der Waals surface area contributed by atoms with Crippen molar-refractivity contribution in [3.63, 3.8) is 0 Å². The van der Waals surface area contributed by atoms with Gasteiger partial charge in [0.25, 0.3) is 0 Å². The molecule has 1 atom stereocenters. The molecule has 1 N–H and O–H groups in total. The number of hydrogen-bond acceptors (Lipinski definition) is 4. The maximum absolute atomic E-state index is 8.90. The number of ether oxygens (including phenoxy) is 1. The van der Waals surface area contributed by atoms with Crippen LogP contribution >= 0.6 is 0 Å². The Morgan fingerprint density at radius 2 is 2.29 bits per heavy atom. The van der Waals surface area contributed by atoms with E-state index < -0.39 is 0 Å². The quantitative estimate of drug-likeness (QED) is 0.938. The summed E-state index contributed by atoms with van der Waals surface area (Å²) < 4.78 is 5.71. The first-order valence-corrected chi connectivity index (χ1v) is 7.61. The third kappa shape index (κ3) is 3.01. The molecule has 0 amide bonds. The van der Waals surface area contributed by atoms with Crippen LogP contribution in [0.25, 0.3) is 10.9 Å². The Balaban J connectivity index is 1.88. The van der Waals surface area contributed by atoms with Crippen LogP contribution in [-0.4, -0.2) is 42.5 Å². The van der Waals surface area contributed by atoms with Crippen LogP contribution in [0.4, 0.5) is 5.69 Å². The van der Waals surface area contributed by atoms with Crippen molar-refractivity contribution in [2.24, 2.45) is 0 Å². The molecule has 21 heavy (non-hydrogen) atoms. The monoisotopic (exact) mass is 286 g/mol. The molecule has 2 aromatic rings. The van der Waals surface area contributed by atoms with Gasteiger partial charge in [-0.3, -0.25) is 4.98 Å². The average molecular weight is 286 g/mol. The van der Waals surface area contributed by atoms with Crippen molar-refractivity contribution in [1.82, 2.24) is 4.98 Å². The van der Waals surface area contributed by atoms with Crippen LogP contribution in [0.3, 0.4) is 0 Å². The third-order valence-corrected chi connectivity index (χ3v) is 4.11. The van der Waals surface area contributed by atoms with Gasteiger partial charge in [-0.25, -0.2) is 0 Å². The number of aromatic nitrogens is 1. The number of fused-ring (bicyclic) bond motifs is 1. The molecule has 1 aliphatic rings. The fourth-order valence-corrected chi connectivity index (χ4v) is 3.10. The molecular weight excluding hydrogens is 264 g/mol. The highest BCUT2D eigenvalue weighted by atomic mass is 16.5. The smallest absolute Gasteiger partial charge is 0.0751 e. The second-order valence-corrected chi connectivity index (χ2v) is 5.61. The number of aliphatic hydroxyl groups excluding tert-OH is 1. The van der Waals surface area contributed by atoms with Gasteiger partial charge in [0.2, 0.25) is 0 Å². The van der Waals surface area contributed by atoms with Crippen molar-refractivity contribution in [2.45, 2.75) is 25.9 Å². The molecule has 2 heterocycles. The Morgan fingerprint density at radius 3 is 3.14 bits per heavy atom. The first-order valence-electron chi connectivity index (χ1n) is 7.61. The Bertz CT molecular complexity index is 615. The molecule has 4 heteroatoms. The average Bonchev–Trinajstić information content (AvgIpc) is 2.53. The molecule has 4 nitrogen and oxygen atoms in total. The third-order valence-electron chi connectivity index (χ3n) is 4.11. The van der Waals surface area contributed by atoms with Crippen molar-refractivity contribution >= 4 is 16.6 Å². The summed E-state index contributed by atoms with van der Waals surface area (Å²) in [7, 11) is 0.